The molecule has 0 fully saturated rings. The van der Waals surface area contributed by atoms with Crippen molar-refractivity contribution in [1.29, 1.82) is 0 Å². The maximum atomic E-state index is 12.7. The summed E-state index contributed by atoms with van der Waals surface area (Å²) in [5, 5.41) is 3.62. The van der Waals surface area contributed by atoms with E-state index in [0.717, 1.165) is 11.0 Å². The number of pyridine rings is 1. The first-order valence-electron chi connectivity index (χ1n) is 7.29. The van der Waals surface area contributed by atoms with Gasteiger partial charge in [-0.25, -0.2) is 14.6 Å². The molecule has 3 aromatic heterocycles. The topological polar surface area (TPSA) is 90.6 Å². The van der Waals surface area contributed by atoms with Gasteiger partial charge in [-0.15, -0.1) is 0 Å². The summed E-state index contributed by atoms with van der Waals surface area (Å²) in [7, 11) is 0. The Hall–Kier alpha value is -3.11. The van der Waals surface area contributed by atoms with E-state index in [9.17, 15) is 18.0 Å². The minimum atomic E-state index is -4.42. The molecule has 0 bridgehead atoms. The van der Waals surface area contributed by atoms with Crippen LogP contribution in [-0.2, 0) is 13.1 Å². The number of aromatic amines is 1. The van der Waals surface area contributed by atoms with Crippen LogP contribution >= 0.6 is 0 Å². The smallest absolute Gasteiger partial charge is 0.408 e. The van der Waals surface area contributed by atoms with E-state index >= 15 is 0 Å². The van der Waals surface area contributed by atoms with Crippen LogP contribution in [-0.4, -0.2) is 42.1 Å². The molecule has 1 N–H and O–H groups in total. The van der Waals surface area contributed by atoms with Crippen molar-refractivity contribution in [3.63, 3.8) is 0 Å². The molecule has 4 heterocycles. The van der Waals surface area contributed by atoms with Gasteiger partial charge in [0.05, 0.1) is 12.1 Å². The van der Waals surface area contributed by atoms with Gasteiger partial charge < -0.3 is 14.3 Å². The van der Waals surface area contributed by atoms with Crippen LogP contribution in [0.1, 0.15) is 0 Å². The molecule has 0 aromatic carbocycles. The molecule has 0 radical (unpaired) electrons. The van der Waals surface area contributed by atoms with Gasteiger partial charge in [0, 0.05) is 18.5 Å². The number of halogens is 3. The second-order valence-corrected chi connectivity index (χ2v) is 5.42. The van der Waals surface area contributed by atoms with Crippen LogP contribution in [0.25, 0.3) is 22.9 Å². The summed E-state index contributed by atoms with van der Waals surface area (Å²) in [5.41, 5.74) is 0.491. The van der Waals surface area contributed by atoms with Crippen molar-refractivity contribution in [2.45, 2.75) is 19.3 Å². The molecule has 25 heavy (non-hydrogen) atoms. The van der Waals surface area contributed by atoms with Gasteiger partial charge in [0.25, 0.3) is 5.56 Å². The van der Waals surface area contributed by atoms with Crippen molar-refractivity contribution in [2.24, 2.45) is 0 Å². The number of hydrogen-bond acceptors (Lipinski definition) is 5. The number of alkyl halides is 3. The normalized spacial score (nSPS) is 13.7. The van der Waals surface area contributed by atoms with E-state index in [-0.39, 0.29) is 17.1 Å². The maximum Gasteiger partial charge on any atom is 0.408 e. The number of aromatic nitrogens is 6. The average molecular weight is 352 g/mol. The maximum absolute atomic E-state index is 12.7. The summed E-state index contributed by atoms with van der Waals surface area (Å²) in [5.74, 6) is 0.863. The van der Waals surface area contributed by atoms with Crippen LogP contribution in [0, 0.1) is 0 Å². The van der Waals surface area contributed by atoms with Crippen LogP contribution in [0.4, 0.5) is 13.2 Å². The quantitative estimate of drug-likeness (QED) is 0.754. The molecular weight excluding hydrogens is 341 g/mol. The van der Waals surface area contributed by atoms with E-state index < -0.39 is 12.7 Å². The molecule has 130 valence electrons. The average Bonchev–Trinajstić information content (AvgIpc) is 3.09. The van der Waals surface area contributed by atoms with Crippen LogP contribution < -0.4 is 10.3 Å². The molecule has 0 unspecified atom stereocenters. The fourth-order valence-corrected chi connectivity index (χ4v) is 2.66. The lowest BCUT2D eigenvalue weighted by molar-refractivity contribution is -0.142. The Bertz CT molecular complexity index is 987. The molecule has 0 spiro atoms. The van der Waals surface area contributed by atoms with Gasteiger partial charge in [0.1, 0.15) is 36.7 Å². The molecule has 0 atom stereocenters. The SMILES string of the molecule is O=c1cc2c(c[nH]1)-c1nc(-c3ncnn3CC(F)(F)F)cn1CCO2. The second-order valence-electron chi connectivity index (χ2n) is 5.42. The third-order valence-corrected chi connectivity index (χ3v) is 3.67. The van der Waals surface area contributed by atoms with Gasteiger partial charge in [-0.05, 0) is 0 Å². The Morgan fingerprint density at radius 3 is 2.96 bits per heavy atom. The zero-order valence-corrected chi connectivity index (χ0v) is 12.6. The number of hydrogen-bond donors (Lipinski definition) is 1. The molecule has 3 aromatic rings. The summed E-state index contributed by atoms with van der Waals surface area (Å²) in [6, 6.07) is 1.31. The van der Waals surface area contributed by atoms with Crippen LogP contribution in [0.2, 0.25) is 0 Å². The molecule has 0 saturated heterocycles. The highest BCUT2D eigenvalue weighted by atomic mass is 19.4. The van der Waals surface area contributed by atoms with Crippen molar-refractivity contribution in [3.8, 4) is 28.7 Å². The Kier molecular flexibility index (Phi) is 3.37. The van der Waals surface area contributed by atoms with Crippen molar-refractivity contribution >= 4 is 0 Å². The van der Waals surface area contributed by atoms with Gasteiger partial charge in [-0.1, -0.05) is 0 Å². The lowest BCUT2D eigenvalue weighted by Crippen LogP contribution is -2.19. The van der Waals surface area contributed by atoms with Crippen molar-refractivity contribution in [3.05, 3.63) is 35.1 Å². The van der Waals surface area contributed by atoms with E-state index in [4.69, 9.17) is 4.74 Å². The lowest BCUT2D eigenvalue weighted by atomic mass is 10.2. The zero-order valence-electron chi connectivity index (χ0n) is 12.6. The molecule has 0 amide bonds. The van der Waals surface area contributed by atoms with Gasteiger partial charge in [-0.3, -0.25) is 4.79 Å². The molecule has 11 heteroatoms. The molecule has 8 nitrogen and oxygen atoms in total. The first-order valence-corrected chi connectivity index (χ1v) is 7.29. The summed E-state index contributed by atoms with van der Waals surface area (Å²) in [6.07, 6.45) is -0.304. The molecule has 0 aliphatic carbocycles. The highest BCUT2D eigenvalue weighted by molar-refractivity contribution is 5.67. The fraction of sp³-hybridized carbons (Fsp3) is 0.286. The summed E-state index contributed by atoms with van der Waals surface area (Å²) >= 11 is 0. The van der Waals surface area contributed by atoms with Crippen LogP contribution in [0.3, 0.4) is 0 Å². The van der Waals surface area contributed by atoms with Gasteiger partial charge in [0.15, 0.2) is 5.82 Å². The number of rotatable bonds is 2. The third-order valence-electron chi connectivity index (χ3n) is 3.67. The number of nitrogens with zero attached hydrogens (tertiary/aromatic N) is 5. The standard InChI is InChI=1S/C14H11F3N6O2/c15-14(16,17)6-23-13(19-7-20-23)9-5-22-1-2-25-10-3-11(24)18-4-8(10)12(22)21-9/h3-5,7H,1-2,6H2,(H,18,24). The zero-order chi connectivity index (χ0) is 17.6. The minimum absolute atomic E-state index is 0.0183. The minimum Gasteiger partial charge on any atom is -0.491 e. The molecule has 1 aliphatic rings. The number of fused-ring (bicyclic) bond motifs is 3. The summed E-state index contributed by atoms with van der Waals surface area (Å²) < 4.78 is 46.0. The van der Waals surface area contributed by atoms with E-state index in [1.54, 1.807) is 10.8 Å². The molecule has 0 saturated carbocycles. The first-order chi connectivity index (χ1) is 11.9. The van der Waals surface area contributed by atoms with Crippen LogP contribution in [0.5, 0.6) is 5.75 Å². The highest BCUT2D eigenvalue weighted by Gasteiger charge is 2.31. The van der Waals surface area contributed by atoms with Crippen molar-refractivity contribution in [1.82, 2.24) is 29.3 Å². The van der Waals surface area contributed by atoms with Crippen molar-refractivity contribution in [2.75, 3.05) is 6.61 Å². The van der Waals surface area contributed by atoms with Crippen molar-refractivity contribution < 1.29 is 17.9 Å². The predicted molar refractivity (Wildman–Crippen MR) is 78.8 cm³/mol. The Balaban J connectivity index is 1.80. The van der Waals surface area contributed by atoms with Gasteiger partial charge in [-0.2, -0.15) is 18.3 Å². The Morgan fingerprint density at radius 1 is 1.32 bits per heavy atom. The van der Waals surface area contributed by atoms with E-state index in [1.165, 1.54) is 12.3 Å². The van der Waals surface area contributed by atoms with Gasteiger partial charge in [0.2, 0.25) is 0 Å². The summed E-state index contributed by atoms with van der Waals surface area (Å²) in [6.45, 7) is -0.523. The van der Waals surface area contributed by atoms with E-state index in [2.05, 4.69) is 20.1 Å². The van der Waals surface area contributed by atoms with Gasteiger partial charge >= 0.3 is 6.18 Å². The number of nitrogens with one attached hydrogen (secondary N) is 1. The Morgan fingerprint density at radius 2 is 2.16 bits per heavy atom. The Labute approximate surface area is 137 Å². The molecule has 1 aliphatic heterocycles. The number of ether oxygens (including phenoxy) is 1. The van der Waals surface area contributed by atoms with E-state index in [0.29, 0.717) is 30.3 Å². The van der Waals surface area contributed by atoms with Crippen LogP contribution in [0.15, 0.2) is 29.6 Å². The third kappa shape index (κ3) is 2.88. The van der Waals surface area contributed by atoms with E-state index in [1.807, 2.05) is 0 Å². The fourth-order valence-electron chi connectivity index (χ4n) is 2.66. The monoisotopic (exact) mass is 352 g/mol. The summed E-state index contributed by atoms with van der Waals surface area (Å²) in [4.78, 5) is 22.3. The highest BCUT2D eigenvalue weighted by Crippen LogP contribution is 2.32. The molecular formula is C14H11F3N6O2. The second kappa shape index (κ2) is 5.46. The first kappa shape index (κ1) is 15.4. The predicted octanol–water partition coefficient (Wildman–Crippen LogP) is 1.45. The largest absolute Gasteiger partial charge is 0.491 e. The number of imidazole rings is 1. The lowest BCUT2D eigenvalue weighted by Gasteiger charge is -2.07. The molecule has 4 rings (SSSR count). The number of H-pyrrole nitrogens is 1.